The van der Waals surface area contributed by atoms with E-state index in [1.807, 2.05) is 19.9 Å². The maximum Gasteiger partial charge on any atom is 0.271 e. The summed E-state index contributed by atoms with van der Waals surface area (Å²) in [5.41, 5.74) is 1.36. The van der Waals surface area contributed by atoms with Gasteiger partial charge in [-0.2, -0.15) is 0 Å². The molecule has 1 aromatic heterocycles. The van der Waals surface area contributed by atoms with Crippen LogP contribution in [-0.2, 0) is 42.7 Å². The summed E-state index contributed by atoms with van der Waals surface area (Å²) in [6.45, 7) is 7.68. The summed E-state index contributed by atoms with van der Waals surface area (Å²) < 4.78 is 31.8. The van der Waals surface area contributed by atoms with E-state index in [0.29, 0.717) is 5.56 Å². The van der Waals surface area contributed by atoms with Gasteiger partial charge in [0.25, 0.3) is 10.0 Å². The van der Waals surface area contributed by atoms with Crippen molar-refractivity contribution in [3.8, 4) is 0 Å². The smallest absolute Gasteiger partial charge is 0.271 e. The molecule has 1 aliphatic rings. The Kier molecular flexibility index (Phi) is 9.05. The van der Waals surface area contributed by atoms with Gasteiger partial charge in [0, 0.05) is 44.8 Å². The molecule has 0 unspecified atom stereocenters. The van der Waals surface area contributed by atoms with Gasteiger partial charge in [0.15, 0.2) is 17.8 Å². The molecule has 0 fully saturated rings. The van der Waals surface area contributed by atoms with Crippen LogP contribution in [0.15, 0.2) is 35.1 Å². The quantitative estimate of drug-likeness (QED) is 0.714. The summed E-state index contributed by atoms with van der Waals surface area (Å²) in [5.74, 6) is -0.329. The first-order chi connectivity index (χ1) is 11.0. The Morgan fingerprint density at radius 2 is 1.84 bits per heavy atom. The zero-order valence-electron chi connectivity index (χ0n) is 15.1. The van der Waals surface area contributed by atoms with Crippen LogP contribution in [0, 0.1) is 14.4 Å². The minimum Gasteiger partial charge on any atom is -0.504 e. The van der Waals surface area contributed by atoms with Crippen LogP contribution in [-0.4, -0.2) is 25.1 Å². The number of aliphatic hydroxyl groups is 1. The number of hydrogen-bond donors (Lipinski definition) is 1. The summed E-state index contributed by atoms with van der Waals surface area (Å²) in [5, 5.41) is 10.4. The van der Waals surface area contributed by atoms with E-state index in [0.717, 1.165) is 16.3 Å². The van der Waals surface area contributed by atoms with Crippen LogP contribution >= 0.6 is 0 Å². The molecule has 0 spiro atoms. The standard InChI is InChI=1S/C14H14N2O4S.C2H6.CH3.Y/c1-3-16-14-11(15-8-20-14)12(17)13(21(16,18)19)10-7-5-4-6-9(10)2;1-2;;/h4-8,17H,3H2,1-2H3;1-2H3;1H3;/q;;-1;. The van der Waals surface area contributed by atoms with Crippen LogP contribution in [0.3, 0.4) is 0 Å². The number of anilines is 1. The molecule has 2 aromatic rings. The van der Waals surface area contributed by atoms with Gasteiger partial charge in [0.1, 0.15) is 4.91 Å². The molecule has 0 amide bonds. The van der Waals surface area contributed by atoms with Crippen molar-refractivity contribution in [1.29, 1.82) is 0 Å². The van der Waals surface area contributed by atoms with Crippen molar-refractivity contribution in [2.75, 3.05) is 10.8 Å². The number of sulfonamides is 1. The van der Waals surface area contributed by atoms with E-state index in [1.54, 1.807) is 32.0 Å². The second-order valence-corrected chi connectivity index (χ2v) is 6.47. The van der Waals surface area contributed by atoms with Gasteiger partial charge in [-0.15, -0.1) is 0 Å². The number of aromatic nitrogens is 1. The second-order valence-electron chi connectivity index (χ2n) is 4.67. The molecule has 2 heterocycles. The van der Waals surface area contributed by atoms with Crippen LogP contribution in [0.1, 0.15) is 37.6 Å². The van der Waals surface area contributed by atoms with Crippen molar-refractivity contribution in [3.63, 3.8) is 0 Å². The fourth-order valence-corrected chi connectivity index (χ4v) is 4.19. The van der Waals surface area contributed by atoms with E-state index in [4.69, 9.17) is 4.42 Å². The van der Waals surface area contributed by atoms with Gasteiger partial charge in [-0.1, -0.05) is 38.1 Å². The topological polar surface area (TPSA) is 83.6 Å². The summed E-state index contributed by atoms with van der Waals surface area (Å²) in [6, 6.07) is 6.99. The fourth-order valence-electron chi connectivity index (χ4n) is 2.44. The first kappa shape index (κ1) is 23.8. The van der Waals surface area contributed by atoms with Gasteiger partial charge in [0.2, 0.25) is 5.88 Å². The molecule has 0 bridgehead atoms. The van der Waals surface area contributed by atoms with Crippen LogP contribution in [0.5, 0.6) is 0 Å². The number of fused-ring (bicyclic) bond motifs is 1. The Hall–Kier alpha value is -1.18. The molecular formula is C17H23N2O4SY-. The van der Waals surface area contributed by atoms with Crippen molar-refractivity contribution in [3.05, 3.63) is 54.9 Å². The Morgan fingerprint density at radius 3 is 2.40 bits per heavy atom. The Labute approximate surface area is 174 Å². The maximum atomic E-state index is 12.8. The predicted molar refractivity (Wildman–Crippen MR) is 96.8 cm³/mol. The Balaban J connectivity index is 0.00000139. The summed E-state index contributed by atoms with van der Waals surface area (Å²) >= 11 is 0. The molecule has 6 nitrogen and oxygen atoms in total. The van der Waals surface area contributed by atoms with Gasteiger partial charge >= 0.3 is 0 Å². The Morgan fingerprint density at radius 1 is 1.24 bits per heavy atom. The van der Waals surface area contributed by atoms with E-state index in [2.05, 4.69) is 4.98 Å². The number of rotatable bonds is 2. The summed E-state index contributed by atoms with van der Waals surface area (Å²) in [4.78, 5) is 3.79. The van der Waals surface area contributed by atoms with Crippen LogP contribution < -0.4 is 4.31 Å². The molecule has 25 heavy (non-hydrogen) atoms. The minimum atomic E-state index is -3.89. The van der Waals surface area contributed by atoms with Crippen molar-refractivity contribution in [2.45, 2.75) is 27.7 Å². The third-order valence-electron chi connectivity index (χ3n) is 3.44. The van der Waals surface area contributed by atoms with E-state index >= 15 is 0 Å². The van der Waals surface area contributed by atoms with Crippen molar-refractivity contribution in [1.82, 2.24) is 4.98 Å². The van der Waals surface area contributed by atoms with E-state index in [-0.39, 0.29) is 68.9 Å². The van der Waals surface area contributed by atoms with Gasteiger partial charge < -0.3 is 17.0 Å². The third-order valence-corrected chi connectivity index (χ3v) is 5.37. The van der Waals surface area contributed by atoms with Crippen molar-refractivity contribution >= 4 is 26.6 Å². The molecule has 3 rings (SSSR count). The molecule has 0 saturated heterocycles. The van der Waals surface area contributed by atoms with Gasteiger partial charge in [-0.05, 0) is 19.4 Å². The number of aliphatic hydroxyl groups excluding tert-OH is 1. The number of hydrogen-bond acceptors (Lipinski definition) is 5. The average molecular weight is 440 g/mol. The van der Waals surface area contributed by atoms with Crippen molar-refractivity contribution < 1.29 is 50.7 Å². The third kappa shape index (κ3) is 3.99. The minimum absolute atomic E-state index is 0. The van der Waals surface area contributed by atoms with E-state index in [1.165, 1.54) is 0 Å². The molecule has 1 aliphatic heterocycles. The van der Waals surface area contributed by atoms with Crippen LogP contribution in [0.2, 0.25) is 0 Å². The molecule has 0 saturated carbocycles. The Bertz CT molecular complexity index is 844. The number of aryl methyl sites for hydroxylation is 1. The van der Waals surface area contributed by atoms with Gasteiger partial charge in [0.05, 0.1) is 0 Å². The zero-order valence-corrected chi connectivity index (χ0v) is 18.8. The second kappa shape index (κ2) is 9.50. The van der Waals surface area contributed by atoms with Gasteiger partial charge in [-0.25, -0.2) is 17.7 Å². The van der Waals surface area contributed by atoms with E-state index < -0.39 is 10.0 Å². The molecule has 135 valence electrons. The fraction of sp³-hybridized carbons (Fsp3) is 0.294. The largest absolute Gasteiger partial charge is 0.504 e. The molecular weight excluding hydrogens is 417 g/mol. The van der Waals surface area contributed by atoms with Gasteiger partial charge in [-0.3, -0.25) is 0 Å². The molecule has 0 aliphatic carbocycles. The van der Waals surface area contributed by atoms with Crippen molar-refractivity contribution in [2.24, 2.45) is 0 Å². The monoisotopic (exact) mass is 440 g/mol. The maximum absolute atomic E-state index is 12.8. The molecule has 0 atom stereocenters. The summed E-state index contributed by atoms with van der Waals surface area (Å²) in [6.07, 6.45) is 1.12. The molecule has 1 aromatic carbocycles. The zero-order chi connectivity index (χ0) is 17.2. The molecule has 1 radical (unpaired) electrons. The number of nitrogens with zero attached hydrogens (tertiary/aromatic N) is 2. The molecule has 1 N–H and O–H groups in total. The predicted octanol–water partition coefficient (Wildman–Crippen LogP) is 4.01. The first-order valence-electron chi connectivity index (χ1n) is 7.44. The summed E-state index contributed by atoms with van der Waals surface area (Å²) in [7, 11) is -3.89. The average Bonchev–Trinajstić information content (AvgIpc) is 3.00. The number of benzene rings is 1. The van der Waals surface area contributed by atoms with Crippen LogP contribution in [0.4, 0.5) is 5.88 Å². The van der Waals surface area contributed by atoms with Crippen LogP contribution in [0.25, 0.3) is 10.7 Å². The SMILES string of the molecule is CC.CCN1c2ocnc2C(O)=C(c2ccccc2C)S1(=O)=O.[CH3-].[Y]. The number of oxazole rings is 1. The van der Waals surface area contributed by atoms with E-state index in [9.17, 15) is 13.5 Å². The first-order valence-corrected chi connectivity index (χ1v) is 8.88. The molecule has 8 heteroatoms. The normalized spacial score (nSPS) is 14.5.